The highest BCUT2D eigenvalue weighted by molar-refractivity contribution is 5.36. The zero-order valence-corrected chi connectivity index (χ0v) is 12.1. The maximum Gasteiger partial charge on any atom is -0.00712 e. The molecule has 1 aliphatic carbocycles. The van der Waals surface area contributed by atoms with Crippen LogP contribution in [-0.2, 0) is 12.8 Å². The van der Waals surface area contributed by atoms with Crippen molar-refractivity contribution in [1.29, 1.82) is 0 Å². The molecule has 0 heterocycles. The Bertz CT molecular complexity index is 401. The summed E-state index contributed by atoms with van der Waals surface area (Å²) in [6.45, 7) is 7.76. The van der Waals surface area contributed by atoms with E-state index in [4.69, 9.17) is 5.73 Å². The molecular formula is C17H27N. The van der Waals surface area contributed by atoms with Crippen LogP contribution in [0.25, 0.3) is 0 Å². The number of hydrogen-bond acceptors (Lipinski definition) is 1. The number of hydrogen-bond donors (Lipinski definition) is 1. The molecule has 1 heteroatoms. The molecule has 0 saturated heterocycles. The van der Waals surface area contributed by atoms with Crippen molar-refractivity contribution in [1.82, 2.24) is 0 Å². The van der Waals surface area contributed by atoms with E-state index in [0.717, 1.165) is 13.0 Å². The zero-order chi connectivity index (χ0) is 13.2. The molecule has 1 unspecified atom stereocenters. The van der Waals surface area contributed by atoms with Gasteiger partial charge in [0.1, 0.15) is 0 Å². The molecule has 100 valence electrons. The lowest BCUT2D eigenvalue weighted by atomic mass is 9.73. The Morgan fingerprint density at radius 1 is 1.11 bits per heavy atom. The second-order valence-corrected chi connectivity index (χ2v) is 6.73. The van der Waals surface area contributed by atoms with Gasteiger partial charge < -0.3 is 5.73 Å². The predicted octanol–water partition coefficient (Wildman–Crippen LogP) is 4.04. The van der Waals surface area contributed by atoms with E-state index in [0.29, 0.717) is 11.3 Å². The standard InChI is InChI=1S/C17H27N/c1-17(2,3)16(10-11-18)15-9-8-13-6-4-5-7-14(13)12-15/h8-9,12,16H,4-7,10-11,18H2,1-3H3. The van der Waals surface area contributed by atoms with Crippen molar-refractivity contribution >= 4 is 0 Å². The van der Waals surface area contributed by atoms with Crippen LogP contribution in [0, 0.1) is 5.41 Å². The van der Waals surface area contributed by atoms with Crippen LogP contribution in [0.15, 0.2) is 18.2 Å². The molecule has 1 aromatic carbocycles. The first-order valence-corrected chi connectivity index (χ1v) is 7.34. The van der Waals surface area contributed by atoms with E-state index in [2.05, 4.69) is 39.0 Å². The lowest BCUT2D eigenvalue weighted by Crippen LogP contribution is -2.22. The van der Waals surface area contributed by atoms with Crippen LogP contribution in [0.4, 0.5) is 0 Å². The summed E-state index contributed by atoms with van der Waals surface area (Å²) >= 11 is 0. The minimum absolute atomic E-state index is 0.294. The molecule has 0 saturated carbocycles. The van der Waals surface area contributed by atoms with Crippen molar-refractivity contribution in [2.45, 2.75) is 58.8 Å². The SMILES string of the molecule is CC(C)(C)C(CCN)c1ccc2c(c1)CCCC2. The van der Waals surface area contributed by atoms with Crippen LogP contribution >= 0.6 is 0 Å². The maximum atomic E-state index is 5.80. The van der Waals surface area contributed by atoms with Gasteiger partial charge in [-0.2, -0.15) is 0 Å². The smallest absolute Gasteiger partial charge is 0.00712 e. The summed E-state index contributed by atoms with van der Waals surface area (Å²) in [6.07, 6.45) is 6.34. The quantitative estimate of drug-likeness (QED) is 0.854. The number of rotatable bonds is 3. The molecule has 0 amide bonds. The monoisotopic (exact) mass is 245 g/mol. The normalized spacial score (nSPS) is 17.3. The Morgan fingerprint density at radius 3 is 2.39 bits per heavy atom. The minimum atomic E-state index is 0.294. The first-order chi connectivity index (χ1) is 8.52. The van der Waals surface area contributed by atoms with Crippen molar-refractivity contribution < 1.29 is 0 Å². The van der Waals surface area contributed by atoms with E-state index in [-0.39, 0.29) is 0 Å². The van der Waals surface area contributed by atoms with E-state index < -0.39 is 0 Å². The number of benzene rings is 1. The summed E-state index contributed by atoms with van der Waals surface area (Å²) in [7, 11) is 0. The number of aryl methyl sites for hydroxylation is 2. The van der Waals surface area contributed by atoms with Crippen LogP contribution in [0.3, 0.4) is 0 Å². The molecule has 2 rings (SSSR count). The summed E-state index contributed by atoms with van der Waals surface area (Å²) < 4.78 is 0. The summed E-state index contributed by atoms with van der Waals surface area (Å²) in [5.74, 6) is 0.578. The Labute approximate surface area is 112 Å². The summed E-state index contributed by atoms with van der Waals surface area (Å²) in [4.78, 5) is 0. The van der Waals surface area contributed by atoms with E-state index in [1.165, 1.54) is 31.2 Å². The van der Waals surface area contributed by atoms with Gasteiger partial charge in [0.2, 0.25) is 0 Å². The molecule has 1 aliphatic rings. The van der Waals surface area contributed by atoms with Gasteiger partial charge in [-0.15, -0.1) is 0 Å². The molecule has 0 radical (unpaired) electrons. The van der Waals surface area contributed by atoms with E-state index in [1.54, 1.807) is 11.1 Å². The topological polar surface area (TPSA) is 26.0 Å². The first-order valence-electron chi connectivity index (χ1n) is 7.34. The van der Waals surface area contributed by atoms with Gasteiger partial charge >= 0.3 is 0 Å². The van der Waals surface area contributed by atoms with Crippen LogP contribution in [0.1, 0.15) is 62.6 Å². The van der Waals surface area contributed by atoms with Crippen LogP contribution in [0.5, 0.6) is 0 Å². The second-order valence-electron chi connectivity index (χ2n) is 6.73. The maximum absolute atomic E-state index is 5.80. The average molecular weight is 245 g/mol. The van der Waals surface area contributed by atoms with Crippen LogP contribution in [0.2, 0.25) is 0 Å². The van der Waals surface area contributed by atoms with Gasteiger partial charge in [-0.05, 0) is 66.7 Å². The van der Waals surface area contributed by atoms with Gasteiger partial charge in [0.05, 0.1) is 0 Å². The molecule has 0 spiro atoms. The Balaban J connectivity index is 2.30. The molecule has 1 aromatic rings. The third kappa shape index (κ3) is 2.95. The molecule has 0 bridgehead atoms. The fourth-order valence-corrected chi connectivity index (χ4v) is 3.24. The van der Waals surface area contributed by atoms with Crippen molar-refractivity contribution in [3.05, 3.63) is 34.9 Å². The molecule has 1 atom stereocenters. The van der Waals surface area contributed by atoms with E-state index in [1.807, 2.05) is 0 Å². The van der Waals surface area contributed by atoms with Crippen molar-refractivity contribution in [2.75, 3.05) is 6.54 Å². The minimum Gasteiger partial charge on any atom is -0.330 e. The number of nitrogens with two attached hydrogens (primary N) is 1. The first kappa shape index (κ1) is 13.6. The summed E-state index contributed by atoms with van der Waals surface area (Å²) in [6, 6.07) is 7.16. The second kappa shape index (κ2) is 5.44. The molecule has 1 nitrogen and oxygen atoms in total. The van der Waals surface area contributed by atoms with Crippen LogP contribution in [-0.4, -0.2) is 6.54 Å². The molecule has 0 fully saturated rings. The molecular weight excluding hydrogens is 218 g/mol. The fourth-order valence-electron chi connectivity index (χ4n) is 3.24. The Kier molecular flexibility index (Phi) is 4.11. The van der Waals surface area contributed by atoms with E-state index >= 15 is 0 Å². The highest BCUT2D eigenvalue weighted by atomic mass is 14.5. The zero-order valence-electron chi connectivity index (χ0n) is 12.1. The highest BCUT2D eigenvalue weighted by Gasteiger charge is 2.26. The number of fused-ring (bicyclic) bond motifs is 1. The van der Waals surface area contributed by atoms with Crippen molar-refractivity contribution in [3.63, 3.8) is 0 Å². The Morgan fingerprint density at radius 2 is 1.78 bits per heavy atom. The highest BCUT2D eigenvalue weighted by Crippen LogP contribution is 2.38. The van der Waals surface area contributed by atoms with Crippen molar-refractivity contribution in [3.8, 4) is 0 Å². The molecule has 0 aromatic heterocycles. The molecule has 2 N–H and O–H groups in total. The lowest BCUT2D eigenvalue weighted by Gasteiger charge is -2.32. The van der Waals surface area contributed by atoms with Gasteiger partial charge in [0.25, 0.3) is 0 Å². The van der Waals surface area contributed by atoms with Gasteiger partial charge in [-0.3, -0.25) is 0 Å². The molecule has 18 heavy (non-hydrogen) atoms. The van der Waals surface area contributed by atoms with Crippen molar-refractivity contribution in [2.24, 2.45) is 11.1 Å². The molecule has 0 aliphatic heterocycles. The predicted molar refractivity (Wildman–Crippen MR) is 79.0 cm³/mol. The third-order valence-corrected chi connectivity index (χ3v) is 4.28. The summed E-state index contributed by atoms with van der Waals surface area (Å²) in [5.41, 5.74) is 10.8. The average Bonchev–Trinajstić information content (AvgIpc) is 2.34. The van der Waals surface area contributed by atoms with Gasteiger partial charge in [-0.25, -0.2) is 0 Å². The fraction of sp³-hybridized carbons (Fsp3) is 0.647. The van der Waals surface area contributed by atoms with Crippen LogP contribution < -0.4 is 5.73 Å². The largest absolute Gasteiger partial charge is 0.330 e. The lowest BCUT2D eigenvalue weighted by molar-refractivity contribution is 0.307. The summed E-state index contributed by atoms with van der Waals surface area (Å²) in [5, 5.41) is 0. The van der Waals surface area contributed by atoms with Gasteiger partial charge in [-0.1, -0.05) is 39.0 Å². The Hall–Kier alpha value is -0.820. The van der Waals surface area contributed by atoms with Gasteiger partial charge in [0.15, 0.2) is 0 Å². The van der Waals surface area contributed by atoms with E-state index in [9.17, 15) is 0 Å². The van der Waals surface area contributed by atoms with Gasteiger partial charge in [0, 0.05) is 0 Å². The third-order valence-electron chi connectivity index (χ3n) is 4.28.